The van der Waals surface area contributed by atoms with Crippen LogP contribution in [-0.4, -0.2) is 71.1 Å². The Balaban J connectivity index is 1.14. The van der Waals surface area contributed by atoms with E-state index < -0.39 is 23.1 Å². The summed E-state index contributed by atoms with van der Waals surface area (Å²) in [4.78, 5) is 46.6. The number of hydrogen-bond donors (Lipinski definition) is 1. The number of alkyl halides is 1. The molecular formula is C33H35FN4O4. The number of aromatic carboxylic acids is 1. The maximum atomic E-state index is 15.2. The number of para-hydroxylation sites is 2. The molecular weight excluding hydrogens is 535 g/mol. The molecule has 0 bridgehead atoms. The van der Waals surface area contributed by atoms with Crippen molar-refractivity contribution in [3.63, 3.8) is 0 Å². The van der Waals surface area contributed by atoms with E-state index in [0.717, 1.165) is 12.2 Å². The third kappa shape index (κ3) is 4.71. The Morgan fingerprint density at radius 3 is 2.29 bits per heavy atom. The summed E-state index contributed by atoms with van der Waals surface area (Å²) in [5.74, 6) is -1.50. The smallest absolute Gasteiger partial charge is 0.336 e. The highest BCUT2D eigenvalue weighted by atomic mass is 19.1. The molecule has 42 heavy (non-hydrogen) atoms. The molecule has 1 N–H and O–H groups in total. The first kappa shape index (κ1) is 27.9. The summed E-state index contributed by atoms with van der Waals surface area (Å²) < 4.78 is 15.2. The first-order chi connectivity index (χ1) is 20.2. The maximum absolute atomic E-state index is 15.2. The van der Waals surface area contributed by atoms with Crippen LogP contribution in [0.1, 0.15) is 47.7 Å². The molecule has 218 valence electrons. The summed E-state index contributed by atoms with van der Waals surface area (Å²) in [6.07, 6.45) is 1.95. The lowest BCUT2D eigenvalue weighted by atomic mass is 9.85. The van der Waals surface area contributed by atoms with Gasteiger partial charge in [0.1, 0.15) is 5.54 Å². The number of nitrogens with zero attached hydrogens (tertiary/aromatic N) is 4. The monoisotopic (exact) mass is 570 g/mol. The molecule has 3 aliphatic rings. The van der Waals surface area contributed by atoms with E-state index >= 15 is 4.39 Å². The van der Waals surface area contributed by atoms with Crippen LogP contribution < -0.4 is 9.80 Å². The molecule has 3 aromatic carbocycles. The van der Waals surface area contributed by atoms with Crippen molar-refractivity contribution in [3.05, 3.63) is 95.6 Å². The molecule has 0 radical (unpaired) electrons. The van der Waals surface area contributed by atoms with Crippen LogP contribution in [0.25, 0.3) is 0 Å². The Hall–Kier alpha value is -4.24. The van der Waals surface area contributed by atoms with Gasteiger partial charge in [-0.15, -0.1) is 0 Å². The first-order valence-electron chi connectivity index (χ1n) is 14.5. The van der Waals surface area contributed by atoms with Crippen molar-refractivity contribution in [2.24, 2.45) is 0 Å². The molecule has 3 heterocycles. The third-order valence-corrected chi connectivity index (χ3v) is 9.08. The van der Waals surface area contributed by atoms with Gasteiger partial charge in [0.05, 0.1) is 17.9 Å². The van der Waals surface area contributed by atoms with Crippen molar-refractivity contribution in [1.82, 2.24) is 9.80 Å². The van der Waals surface area contributed by atoms with Crippen LogP contribution in [0.2, 0.25) is 0 Å². The second kappa shape index (κ2) is 10.9. The number of carbonyl (C=O) groups is 3. The summed E-state index contributed by atoms with van der Waals surface area (Å²) >= 11 is 0. The number of amides is 2. The van der Waals surface area contributed by atoms with Gasteiger partial charge in [0.25, 0.3) is 5.91 Å². The number of carbonyl (C=O) groups excluding carboxylic acids is 2. The van der Waals surface area contributed by atoms with Crippen molar-refractivity contribution in [1.29, 1.82) is 0 Å². The average Bonchev–Trinajstić information content (AvgIpc) is 3.37. The predicted molar refractivity (Wildman–Crippen MR) is 158 cm³/mol. The fourth-order valence-corrected chi connectivity index (χ4v) is 6.80. The Bertz CT molecular complexity index is 1500. The van der Waals surface area contributed by atoms with Gasteiger partial charge in [0.15, 0.2) is 0 Å². The first-order valence-corrected chi connectivity index (χ1v) is 14.5. The van der Waals surface area contributed by atoms with Gasteiger partial charge in [-0.1, -0.05) is 54.6 Å². The van der Waals surface area contributed by atoms with E-state index in [1.54, 1.807) is 52.3 Å². The van der Waals surface area contributed by atoms with Crippen molar-refractivity contribution < 1.29 is 23.9 Å². The topological polar surface area (TPSA) is 84.4 Å². The Kier molecular flexibility index (Phi) is 7.22. The number of fused-ring (bicyclic) bond motifs is 1. The molecule has 9 heteroatoms. The third-order valence-electron chi connectivity index (χ3n) is 9.08. The number of carboxylic acid groups (broad SMARTS) is 1. The largest absolute Gasteiger partial charge is 0.478 e. The highest BCUT2D eigenvalue weighted by molar-refractivity contribution is 6.06. The van der Waals surface area contributed by atoms with Crippen LogP contribution in [0.4, 0.5) is 15.8 Å². The van der Waals surface area contributed by atoms with Gasteiger partial charge in [-0.3, -0.25) is 9.59 Å². The highest BCUT2D eigenvalue weighted by Crippen LogP contribution is 2.43. The number of benzene rings is 3. The lowest BCUT2D eigenvalue weighted by molar-refractivity contribution is -0.134. The van der Waals surface area contributed by atoms with Crippen LogP contribution >= 0.6 is 0 Å². The zero-order chi connectivity index (χ0) is 29.5. The Morgan fingerprint density at radius 2 is 1.55 bits per heavy atom. The van der Waals surface area contributed by atoms with E-state index in [9.17, 15) is 19.5 Å². The molecule has 2 amide bonds. The van der Waals surface area contributed by atoms with E-state index in [1.165, 1.54) is 6.92 Å². The van der Waals surface area contributed by atoms with Gasteiger partial charge >= 0.3 is 5.97 Å². The second-order valence-corrected chi connectivity index (χ2v) is 11.6. The molecule has 0 aliphatic carbocycles. The number of rotatable bonds is 8. The van der Waals surface area contributed by atoms with Crippen molar-refractivity contribution in [3.8, 4) is 0 Å². The van der Waals surface area contributed by atoms with Crippen LogP contribution in [0.15, 0.2) is 78.9 Å². The molecule has 3 aliphatic heterocycles. The van der Waals surface area contributed by atoms with Crippen molar-refractivity contribution in [2.75, 3.05) is 42.6 Å². The fourth-order valence-electron chi connectivity index (χ4n) is 6.80. The normalized spacial score (nSPS) is 21.8. The second-order valence-electron chi connectivity index (χ2n) is 11.6. The van der Waals surface area contributed by atoms with Crippen LogP contribution in [0.5, 0.6) is 0 Å². The number of piperidine rings is 1. The molecule has 0 saturated carbocycles. The molecule has 2 saturated heterocycles. The molecule has 8 nitrogen and oxygen atoms in total. The van der Waals surface area contributed by atoms with E-state index in [1.807, 2.05) is 36.4 Å². The fraction of sp³-hybridized carbons (Fsp3) is 0.364. The van der Waals surface area contributed by atoms with E-state index in [-0.39, 0.29) is 18.0 Å². The minimum Gasteiger partial charge on any atom is -0.478 e. The van der Waals surface area contributed by atoms with Gasteiger partial charge in [0.2, 0.25) is 11.6 Å². The average molecular weight is 571 g/mol. The number of anilines is 2. The summed E-state index contributed by atoms with van der Waals surface area (Å²) in [6, 6.07) is 23.8. The van der Waals surface area contributed by atoms with Crippen LogP contribution in [0, 0.1) is 0 Å². The molecule has 1 atom stereocenters. The zero-order valence-corrected chi connectivity index (χ0v) is 23.7. The van der Waals surface area contributed by atoms with Crippen molar-refractivity contribution in [2.45, 2.75) is 43.9 Å². The summed E-state index contributed by atoms with van der Waals surface area (Å²) in [7, 11) is 0. The summed E-state index contributed by atoms with van der Waals surface area (Å²) in [6.45, 7) is 4.53. The van der Waals surface area contributed by atoms with Gasteiger partial charge in [0, 0.05) is 37.4 Å². The summed E-state index contributed by atoms with van der Waals surface area (Å²) in [5.41, 5.74) is 0.136. The zero-order valence-electron chi connectivity index (χ0n) is 23.7. The van der Waals surface area contributed by atoms with E-state index in [4.69, 9.17) is 0 Å². The minimum atomic E-state index is -2.01. The standard InChI is InChI=1S/C33H35FN4O4/c1-32(34)27-14-7-8-15-28(27)37(30(32)41)19-9-18-35-20-16-33(17-21-35)31(42)36(23-38(33)25-11-3-2-4-12-25)22-24-10-5-6-13-26(24)29(39)40/h2-8,10-15H,9,16-23H2,1H3,(H,39,40). The van der Waals surface area contributed by atoms with Gasteiger partial charge < -0.3 is 24.7 Å². The highest BCUT2D eigenvalue weighted by Gasteiger charge is 2.54. The SMILES string of the molecule is CC1(F)C(=O)N(CCCN2CCC3(CC2)C(=O)N(Cc2ccccc2C(=O)O)CN3c2ccccc2)c2ccccc21. The van der Waals surface area contributed by atoms with Gasteiger partial charge in [-0.05, 0) is 62.6 Å². The van der Waals surface area contributed by atoms with Crippen molar-refractivity contribution >= 4 is 29.2 Å². The van der Waals surface area contributed by atoms with Crippen LogP contribution in [-0.2, 0) is 21.8 Å². The molecule has 6 rings (SSSR count). The molecule has 1 unspecified atom stereocenters. The Morgan fingerprint density at radius 1 is 0.881 bits per heavy atom. The lowest BCUT2D eigenvalue weighted by Gasteiger charge is -2.43. The molecule has 2 fully saturated rings. The maximum Gasteiger partial charge on any atom is 0.336 e. The van der Waals surface area contributed by atoms with Gasteiger partial charge in [-0.25, -0.2) is 9.18 Å². The molecule has 3 aromatic rings. The van der Waals surface area contributed by atoms with Crippen LogP contribution in [0.3, 0.4) is 0 Å². The number of halogens is 1. The molecule has 1 spiro atoms. The summed E-state index contributed by atoms with van der Waals surface area (Å²) in [5, 5.41) is 9.68. The van der Waals surface area contributed by atoms with E-state index in [0.29, 0.717) is 62.4 Å². The number of likely N-dealkylation sites (tertiary alicyclic amines) is 1. The lowest BCUT2D eigenvalue weighted by Crippen LogP contribution is -2.56. The number of carboxylic acids is 1. The minimum absolute atomic E-state index is 0.0210. The Labute approximate surface area is 244 Å². The molecule has 0 aromatic heterocycles. The predicted octanol–water partition coefficient (Wildman–Crippen LogP) is 4.65. The van der Waals surface area contributed by atoms with Gasteiger partial charge in [-0.2, -0.15) is 0 Å². The van der Waals surface area contributed by atoms with E-state index in [2.05, 4.69) is 9.80 Å². The quantitative estimate of drug-likeness (QED) is 0.425. The number of hydrogen-bond acceptors (Lipinski definition) is 5.